The van der Waals surface area contributed by atoms with Crippen LogP contribution in [-0.4, -0.2) is 4.98 Å². The summed E-state index contributed by atoms with van der Waals surface area (Å²) in [6, 6.07) is 12.2. The minimum atomic E-state index is 0.634. The summed E-state index contributed by atoms with van der Waals surface area (Å²) in [5.41, 5.74) is 1.45. The number of hydrogen-bond acceptors (Lipinski definition) is 2. The van der Waals surface area contributed by atoms with Crippen LogP contribution in [0.4, 0.5) is 0 Å². The number of pyridine rings is 1. The zero-order valence-electron chi connectivity index (χ0n) is 6.28. The monoisotopic (exact) mass is 153 g/mol. The summed E-state index contributed by atoms with van der Waals surface area (Å²) in [7, 11) is 0. The first kappa shape index (κ1) is 6.81. The van der Waals surface area contributed by atoms with Crippen molar-refractivity contribution in [3.05, 3.63) is 42.1 Å². The van der Waals surface area contributed by atoms with Crippen LogP contribution in [0.15, 0.2) is 30.5 Å². The molecule has 1 aromatic heterocycles. The number of nitriles is 1. The van der Waals surface area contributed by atoms with Gasteiger partial charge in [0.1, 0.15) is 0 Å². The number of nitrogens with zero attached hydrogens (tertiary/aromatic N) is 2. The van der Waals surface area contributed by atoms with E-state index in [4.69, 9.17) is 5.26 Å². The molecule has 2 aromatic rings. The molecular weight excluding hydrogens is 148 g/mol. The van der Waals surface area contributed by atoms with Crippen molar-refractivity contribution in [1.82, 2.24) is 4.98 Å². The van der Waals surface area contributed by atoms with Crippen LogP contribution in [0.1, 0.15) is 5.56 Å². The van der Waals surface area contributed by atoms with Crippen LogP contribution in [0.3, 0.4) is 0 Å². The van der Waals surface area contributed by atoms with E-state index < -0.39 is 0 Å². The van der Waals surface area contributed by atoms with Gasteiger partial charge in [0, 0.05) is 11.6 Å². The lowest BCUT2D eigenvalue weighted by Gasteiger charge is -1.94. The van der Waals surface area contributed by atoms with E-state index in [1.54, 1.807) is 24.4 Å². The van der Waals surface area contributed by atoms with Crippen LogP contribution in [0.25, 0.3) is 10.9 Å². The van der Waals surface area contributed by atoms with Crippen molar-refractivity contribution < 1.29 is 0 Å². The van der Waals surface area contributed by atoms with Gasteiger partial charge in [-0.3, -0.25) is 4.98 Å². The second-order valence-corrected chi connectivity index (χ2v) is 2.43. The van der Waals surface area contributed by atoms with E-state index in [1.165, 1.54) is 0 Å². The molecule has 0 spiro atoms. The molecule has 0 aliphatic heterocycles. The molecule has 0 unspecified atom stereocenters. The van der Waals surface area contributed by atoms with Gasteiger partial charge in [0.2, 0.25) is 0 Å². The van der Waals surface area contributed by atoms with E-state index in [-0.39, 0.29) is 0 Å². The van der Waals surface area contributed by atoms with Crippen molar-refractivity contribution in [1.29, 1.82) is 5.26 Å². The van der Waals surface area contributed by atoms with Gasteiger partial charge in [0.05, 0.1) is 17.1 Å². The summed E-state index contributed by atoms with van der Waals surface area (Å²) in [5, 5.41) is 9.55. The molecule has 0 fully saturated rings. The number of benzene rings is 1. The minimum Gasteiger partial charge on any atom is -0.256 e. The average Bonchev–Trinajstić information content (AvgIpc) is 2.17. The topological polar surface area (TPSA) is 36.7 Å². The van der Waals surface area contributed by atoms with E-state index in [1.807, 2.05) is 6.07 Å². The Morgan fingerprint density at radius 1 is 1.42 bits per heavy atom. The molecular formula is C10H5N2. The molecule has 0 aliphatic carbocycles. The second-order valence-electron chi connectivity index (χ2n) is 2.43. The predicted molar refractivity (Wildman–Crippen MR) is 45.3 cm³/mol. The van der Waals surface area contributed by atoms with Gasteiger partial charge >= 0.3 is 0 Å². The highest BCUT2D eigenvalue weighted by Crippen LogP contribution is 2.11. The second kappa shape index (κ2) is 2.63. The first-order valence-corrected chi connectivity index (χ1v) is 3.57. The van der Waals surface area contributed by atoms with Crippen molar-refractivity contribution in [3.63, 3.8) is 0 Å². The largest absolute Gasteiger partial charge is 0.256 e. The van der Waals surface area contributed by atoms with E-state index in [0.717, 1.165) is 10.9 Å². The summed E-state index contributed by atoms with van der Waals surface area (Å²) in [6.45, 7) is 0. The molecule has 0 amide bonds. The molecule has 1 radical (unpaired) electrons. The van der Waals surface area contributed by atoms with Gasteiger partial charge in [-0.15, -0.1) is 0 Å². The molecule has 0 saturated carbocycles. The lowest BCUT2D eigenvalue weighted by atomic mass is 10.1. The van der Waals surface area contributed by atoms with E-state index in [0.29, 0.717) is 5.56 Å². The van der Waals surface area contributed by atoms with Crippen molar-refractivity contribution in [2.24, 2.45) is 0 Å². The van der Waals surface area contributed by atoms with E-state index in [9.17, 15) is 0 Å². The third-order valence-electron chi connectivity index (χ3n) is 1.65. The van der Waals surface area contributed by atoms with Gasteiger partial charge in [-0.2, -0.15) is 5.26 Å². The molecule has 2 nitrogen and oxygen atoms in total. The molecule has 1 heterocycles. The summed E-state index contributed by atoms with van der Waals surface area (Å²) < 4.78 is 0. The van der Waals surface area contributed by atoms with Crippen LogP contribution in [0.2, 0.25) is 0 Å². The molecule has 0 aliphatic rings. The van der Waals surface area contributed by atoms with Gasteiger partial charge in [-0.05, 0) is 24.3 Å². The third-order valence-corrected chi connectivity index (χ3v) is 1.65. The smallest absolute Gasteiger partial charge is 0.0992 e. The Kier molecular flexibility index (Phi) is 1.49. The fourth-order valence-corrected chi connectivity index (χ4v) is 1.07. The first-order valence-electron chi connectivity index (χ1n) is 3.57. The van der Waals surface area contributed by atoms with Crippen LogP contribution in [0.5, 0.6) is 0 Å². The summed E-state index contributed by atoms with van der Waals surface area (Å²) in [4.78, 5) is 4.11. The van der Waals surface area contributed by atoms with Crippen molar-refractivity contribution >= 4 is 10.9 Å². The van der Waals surface area contributed by atoms with Crippen LogP contribution >= 0.6 is 0 Å². The Bertz CT molecular complexity index is 455. The van der Waals surface area contributed by atoms with Crippen molar-refractivity contribution in [2.45, 2.75) is 0 Å². The quantitative estimate of drug-likeness (QED) is 0.579. The van der Waals surface area contributed by atoms with Crippen LogP contribution < -0.4 is 0 Å². The van der Waals surface area contributed by atoms with Crippen LogP contribution in [0, 0.1) is 17.4 Å². The van der Waals surface area contributed by atoms with E-state index in [2.05, 4.69) is 17.1 Å². The predicted octanol–water partition coefficient (Wildman–Crippen LogP) is 1.91. The molecule has 2 heteroatoms. The molecule has 0 N–H and O–H groups in total. The maximum atomic E-state index is 8.61. The van der Waals surface area contributed by atoms with Gasteiger partial charge in [0.15, 0.2) is 0 Å². The molecule has 0 saturated heterocycles. The highest BCUT2D eigenvalue weighted by Gasteiger charge is 1.94. The summed E-state index contributed by atoms with van der Waals surface area (Å²) in [5.74, 6) is 0. The number of fused-ring (bicyclic) bond motifs is 1. The highest BCUT2D eigenvalue weighted by atomic mass is 14.6. The van der Waals surface area contributed by atoms with Crippen molar-refractivity contribution in [2.75, 3.05) is 0 Å². The Morgan fingerprint density at radius 2 is 2.33 bits per heavy atom. The molecule has 0 atom stereocenters. The van der Waals surface area contributed by atoms with Crippen molar-refractivity contribution in [3.8, 4) is 6.07 Å². The zero-order valence-corrected chi connectivity index (χ0v) is 6.28. The fourth-order valence-electron chi connectivity index (χ4n) is 1.07. The molecule has 2 rings (SSSR count). The van der Waals surface area contributed by atoms with Gasteiger partial charge in [0.25, 0.3) is 0 Å². The first-order chi connectivity index (χ1) is 5.90. The van der Waals surface area contributed by atoms with Crippen LogP contribution in [-0.2, 0) is 0 Å². The lowest BCUT2D eigenvalue weighted by Crippen LogP contribution is -1.79. The Labute approximate surface area is 70.1 Å². The third kappa shape index (κ3) is 1.02. The highest BCUT2D eigenvalue weighted by molar-refractivity contribution is 5.78. The Hall–Kier alpha value is -1.88. The number of aromatic nitrogens is 1. The zero-order chi connectivity index (χ0) is 8.39. The van der Waals surface area contributed by atoms with Gasteiger partial charge in [-0.1, -0.05) is 6.07 Å². The maximum Gasteiger partial charge on any atom is 0.0992 e. The molecule has 12 heavy (non-hydrogen) atoms. The fraction of sp³-hybridized carbons (Fsp3) is 0. The number of rotatable bonds is 0. The lowest BCUT2D eigenvalue weighted by molar-refractivity contribution is 1.40. The maximum absolute atomic E-state index is 8.61. The molecule has 0 bridgehead atoms. The van der Waals surface area contributed by atoms with E-state index >= 15 is 0 Å². The number of hydrogen-bond donors (Lipinski definition) is 0. The summed E-state index contributed by atoms with van der Waals surface area (Å²) in [6.07, 6.45) is 1.67. The summed E-state index contributed by atoms with van der Waals surface area (Å²) >= 11 is 0. The van der Waals surface area contributed by atoms with Gasteiger partial charge in [-0.25, -0.2) is 0 Å². The molecule has 1 aromatic carbocycles. The average molecular weight is 153 g/mol. The Balaban J connectivity index is 2.78. The normalized spacial score (nSPS) is 9.58. The molecule has 55 valence electrons. The Morgan fingerprint density at radius 3 is 3.17 bits per heavy atom. The SMILES string of the molecule is N#Cc1ccc2[c]ccnc2c1. The minimum absolute atomic E-state index is 0.634. The standard InChI is InChI=1S/C10H5N2/c11-7-8-3-4-9-2-1-5-12-10(9)6-8/h1,3-6H. The van der Waals surface area contributed by atoms with Gasteiger partial charge < -0.3 is 0 Å².